The van der Waals surface area contributed by atoms with Gasteiger partial charge in [-0.1, -0.05) is 39.0 Å². The molecule has 0 bridgehead atoms. The summed E-state index contributed by atoms with van der Waals surface area (Å²) >= 11 is 0. The van der Waals surface area contributed by atoms with Crippen molar-refractivity contribution in [2.45, 2.75) is 83.6 Å². The van der Waals surface area contributed by atoms with Crippen LogP contribution in [-0.2, 0) is 0 Å². The van der Waals surface area contributed by atoms with E-state index in [1.807, 2.05) is 0 Å². The Morgan fingerprint density at radius 3 is 2.29 bits per heavy atom. The maximum Gasteiger partial charge on any atom is 0.415 e. The van der Waals surface area contributed by atoms with E-state index in [0.717, 1.165) is 43.7 Å². The van der Waals surface area contributed by atoms with E-state index in [-0.39, 0.29) is 11.8 Å². The van der Waals surface area contributed by atoms with Crippen molar-refractivity contribution in [1.29, 1.82) is 0 Å². The molecule has 4 nitrogen and oxygen atoms in total. The molecule has 0 radical (unpaired) electrons. The predicted octanol–water partition coefficient (Wildman–Crippen LogP) is 6.64. The van der Waals surface area contributed by atoms with Crippen molar-refractivity contribution < 1.29 is 18.3 Å². The number of ether oxygens (including phenoxy) is 1. The minimum atomic E-state index is -1.02. The van der Waals surface area contributed by atoms with E-state index in [4.69, 9.17) is 4.74 Å². The van der Waals surface area contributed by atoms with E-state index >= 15 is 0 Å². The molecule has 1 saturated carbocycles. The van der Waals surface area contributed by atoms with Gasteiger partial charge in [-0.3, -0.25) is 0 Å². The lowest BCUT2D eigenvalue weighted by Gasteiger charge is -2.34. The van der Waals surface area contributed by atoms with Crippen molar-refractivity contribution in [3.8, 4) is 5.75 Å². The average Bonchev–Trinajstić information content (AvgIpc) is 2.76. The number of hydrogen-bond donors (Lipinski definition) is 0. The van der Waals surface area contributed by atoms with Gasteiger partial charge in [0.05, 0.1) is 0 Å². The third-order valence-corrected chi connectivity index (χ3v) is 6.54. The second-order valence-electron chi connectivity index (χ2n) is 9.09. The summed E-state index contributed by atoms with van der Waals surface area (Å²) in [6.07, 6.45) is 12.7. The molecule has 1 aliphatic rings. The number of carbonyl (C=O) groups excluding carboxylic acids is 1. The molecule has 0 aliphatic heterocycles. The number of unbranched alkanes of at least 4 members (excludes halogenated alkanes) is 4. The zero-order valence-electron chi connectivity index (χ0n) is 19.5. The average molecular weight is 439 g/mol. The standard InChI is InChI=1S/C25H40F2N2O2/c1-4-5-8-17-28(2)18-9-6-7-10-20-11-13-21(14-12-20)29(3)25(30)31-22-15-16-23(26)24(27)19-22/h15-16,19-21H,4-14,17-18H2,1-3H3. The van der Waals surface area contributed by atoms with E-state index in [1.165, 1.54) is 64.1 Å². The summed E-state index contributed by atoms with van der Waals surface area (Å²) in [5.74, 6) is -1.20. The number of amides is 1. The molecule has 31 heavy (non-hydrogen) atoms. The lowest BCUT2D eigenvalue weighted by Crippen LogP contribution is -2.41. The van der Waals surface area contributed by atoms with Crippen LogP contribution < -0.4 is 4.74 Å². The molecule has 0 atom stereocenters. The summed E-state index contributed by atoms with van der Waals surface area (Å²) < 4.78 is 31.5. The van der Waals surface area contributed by atoms with Crippen molar-refractivity contribution in [1.82, 2.24) is 9.80 Å². The largest absolute Gasteiger partial charge is 0.415 e. The molecule has 176 valence electrons. The quantitative estimate of drug-likeness (QED) is 0.343. The summed E-state index contributed by atoms with van der Waals surface area (Å²) in [6.45, 7) is 4.65. The van der Waals surface area contributed by atoms with Gasteiger partial charge < -0.3 is 14.5 Å². The second kappa shape index (κ2) is 13.7. The van der Waals surface area contributed by atoms with Gasteiger partial charge in [0.2, 0.25) is 0 Å². The third kappa shape index (κ3) is 9.14. The number of hydrogen-bond acceptors (Lipinski definition) is 3. The maximum atomic E-state index is 13.3. The number of carbonyl (C=O) groups is 1. The summed E-state index contributed by atoms with van der Waals surface area (Å²) in [7, 11) is 3.95. The van der Waals surface area contributed by atoms with Crippen molar-refractivity contribution >= 4 is 6.09 Å². The van der Waals surface area contributed by atoms with Gasteiger partial charge in [-0.2, -0.15) is 0 Å². The molecule has 0 spiro atoms. The Labute approximate surface area is 186 Å². The minimum absolute atomic E-state index is 0.0282. The van der Waals surface area contributed by atoms with E-state index in [2.05, 4.69) is 18.9 Å². The van der Waals surface area contributed by atoms with Crippen LogP contribution >= 0.6 is 0 Å². The van der Waals surface area contributed by atoms with Crippen molar-refractivity contribution in [3.63, 3.8) is 0 Å². The molecule has 1 aliphatic carbocycles. The molecule has 1 amide bonds. The van der Waals surface area contributed by atoms with E-state index in [0.29, 0.717) is 0 Å². The zero-order chi connectivity index (χ0) is 22.6. The van der Waals surface area contributed by atoms with Crippen LogP contribution in [0.1, 0.15) is 77.6 Å². The summed E-state index contributed by atoms with van der Waals surface area (Å²) in [4.78, 5) is 16.4. The maximum absolute atomic E-state index is 13.3. The molecular weight excluding hydrogens is 398 g/mol. The predicted molar refractivity (Wildman–Crippen MR) is 121 cm³/mol. The van der Waals surface area contributed by atoms with Crippen molar-refractivity contribution in [2.24, 2.45) is 5.92 Å². The van der Waals surface area contributed by atoms with E-state index in [9.17, 15) is 13.6 Å². The van der Waals surface area contributed by atoms with E-state index < -0.39 is 17.7 Å². The highest BCUT2D eigenvalue weighted by Gasteiger charge is 2.27. The number of nitrogens with zero attached hydrogens (tertiary/aromatic N) is 2. The van der Waals surface area contributed by atoms with Crippen LogP contribution in [0.15, 0.2) is 18.2 Å². The van der Waals surface area contributed by atoms with Gasteiger partial charge in [-0.05, 0) is 76.7 Å². The Hall–Kier alpha value is -1.69. The fourth-order valence-electron chi connectivity index (χ4n) is 4.42. The molecular formula is C25H40F2N2O2. The van der Waals surface area contributed by atoms with Gasteiger partial charge in [0, 0.05) is 19.2 Å². The van der Waals surface area contributed by atoms with E-state index in [1.54, 1.807) is 11.9 Å². The molecule has 2 rings (SSSR count). The topological polar surface area (TPSA) is 32.8 Å². The fraction of sp³-hybridized carbons (Fsp3) is 0.720. The first-order valence-corrected chi connectivity index (χ1v) is 12.0. The first-order valence-electron chi connectivity index (χ1n) is 12.0. The lowest BCUT2D eigenvalue weighted by molar-refractivity contribution is 0.123. The van der Waals surface area contributed by atoms with Crippen LogP contribution in [0.2, 0.25) is 0 Å². The molecule has 0 aromatic heterocycles. The molecule has 0 unspecified atom stereocenters. The Kier molecular flexibility index (Phi) is 11.3. The summed E-state index contributed by atoms with van der Waals surface area (Å²) in [6, 6.07) is 3.28. The molecule has 0 heterocycles. The van der Waals surface area contributed by atoms with Gasteiger partial charge in [-0.15, -0.1) is 0 Å². The number of halogens is 2. The summed E-state index contributed by atoms with van der Waals surface area (Å²) in [5, 5.41) is 0. The highest BCUT2D eigenvalue weighted by atomic mass is 19.2. The van der Waals surface area contributed by atoms with Crippen molar-refractivity contribution in [2.75, 3.05) is 27.2 Å². The van der Waals surface area contributed by atoms with Crippen LogP contribution in [0.3, 0.4) is 0 Å². The van der Waals surface area contributed by atoms with Crippen LogP contribution in [0.4, 0.5) is 13.6 Å². The zero-order valence-corrected chi connectivity index (χ0v) is 19.5. The van der Waals surface area contributed by atoms with Gasteiger partial charge in [0.15, 0.2) is 11.6 Å². The molecule has 0 saturated heterocycles. The first-order chi connectivity index (χ1) is 14.9. The van der Waals surface area contributed by atoms with Gasteiger partial charge in [-0.25, -0.2) is 13.6 Å². The van der Waals surface area contributed by atoms with Crippen LogP contribution in [0.5, 0.6) is 5.75 Å². The van der Waals surface area contributed by atoms with Crippen LogP contribution in [0.25, 0.3) is 0 Å². The first kappa shape index (κ1) is 25.6. The molecule has 1 aromatic rings. The van der Waals surface area contributed by atoms with Gasteiger partial charge in [0.1, 0.15) is 5.75 Å². The van der Waals surface area contributed by atoms with Crippen LogP contribution in [0, 0.1) is 17.6 Å². The molecule has 1 aromatic carbocycles. The Bertz CT molecular complexity index is 663. The monoisotopic (exact) mass is 438 g/mol. The Balaban J connectivity index is 1.59. The van der Waals surface area contributed by atoms with Crippen LogP contribution in [-0.4, -0.2) is 49.1 Å². The lowest BCUT2D eigenvalue weighted by atomic mass is 9.82. The molecule has 1 fully saturated rings. The highest BCUT2D eigenvalue weighted by molar-refractivity contribution is 5.70. The number of rotatable bonds is 12. The smallest absolute Gasteiger partial charge is 0.410 e. The van der Waals surface area contributed by atoms with Gasteiger partial charge >= 0.3 is 6.09 Å². The molecule has 0 N–H and O–H groups in total. The Morgan fingerprint density at radius 2 is 1.65 bits per heavy atom. The third-order valence-electron chi connectivity index (χ3n) is 6.54. The number of benzene rings is 1. The highest BCUT2D eigenvalue weighted by Crippen LogP contribution is 2.31. The SMILES string of the molecule is CCCCCN(C)CCCCCC1CCC(N(C)C(=O)Oc2ccc(F)c(F)c2)CC1. The fourth-order valence-corrected chi connectivity index (χ4v) is 4.42. The minimum Gasteiger partial charge on any atom is -0.410 e. The molecule has 6 heteroatoms. The van der Waals surface area contributed by atoms with Crippen molar-refractivity contribution in [3.05, 3.63) is 29.8 Å². The second-order valence-corrected chi connectivity index (χ2v) is 9.09. The Morgan fingerprint density at radius 1 is 0.968 bits per heavy atom. The normalized spacial score (nSPS) is 18.9. The summed E-state index contributed by atoms with van der Waals surface area (Å²) in [5.41, 5.74) is 0. The van der Waals surface area contributed by atoms with Gasteiger partial charge in [0.25, 0.3) is 0 Å².